The van der Waals surface area contributed by atoms with Crippen molar-refractivity contribution < 1.29 is 4.74 Å². The topological polar surface area (TPSA) is 35.0 Å². The van der Waals surface area contributed by atoms with Gasteiger partial charge in [0.25, 0.3) is 0 Å². The first-order valence-corrected chi connectivity index (χ1v) is 11.3. The van der Waals surface area contributed by atoms with Crippen molar-refractivity contribution in [3.8, 4) is 17.1 Å². The predicted molar refractivity (Wildman–Crippen MR) is 117 cm³/mol. The smallest absolute Gasteiger partial charge is 0.159 e. The summed E-state index contributed by atoms with van der Waals surface area (Å²) in [6.07, 6.45) is 16.9. The lowest BCUT2D eigenvalue weighted by Crippen LogP contribution is -2.14. The van der Waals surface area contributed by atoms with Gasteiger partial charge in [0.2, 0.25) is 0 Å². The summed E-state index contributed by atoms with van der Waals surface area (Å²) < 4.78 is 5.95. The van der Waals surface area contributed by atoms with Crippen molar-refractivity contribution in [3.63, 3.8) is 0 Å². The van der Waals surface area contributed by atoms with E-state index in [0.717, 1.165) is 48.4 Å². The molecular weight excluding hydrogens is 344 g/mol. The van der Waals surface area contributed by atoms with E-state index in [1.165, 1.54) is 56.9 Å². The Morgan fingerprint density at radius 1 is 0.893 bits per heavy atom. The third kappa shape index (κ3) is 6.32. The minimum absolute atomic E-state index is 0.787. The van der Waals surface area contributed by atoms with E-state index >= 15 is 0 Å². The molecule has 0 amide bonds. The van der Waals surface area contributed by atoms with Crippen LogP contribution in [-0.4, -0.2) is 16.6 Å². The number of aromatic nitrogens is 2. The first-order valence-electron chi connectivity index (χ1n) is 11.3. The van der Waals surface area contributed by atoms with Gasteiger partial charge in [0.05, 0.1) is 6.61 Å². The number of ether oxygens (including phenoxy) is 1. The molecule has 2 aromatic rings. The molecule has 1 fully saturated rings. The van der Waals surface area contributed by atoms with Crippen LogP contribution < -0.4 is 4.74 Å². The minimum Gasteiger partial charge on any atom is -0.494 e. The molecule has 0 aliphatic heterocycles. The monoisotopic (exact) mass is 380 g/mol. The largest absolute Gasteiger partial charge is 0.494 e. The van der Waals surface area contributed by atoms with Gasteiger partial charge >= 0.3 is 0 Å². The van der Waals surface area contributed by atoms with Gasteiger partial charge in [-0.3, -0.25) is 0 Å². The summed E-state index contributed by atoms with van der Waals surface area (Å²) >= 11 is 0. The van der Waals surface area contributed by atoms with Gasteiger partial charge < -0.3 is 4.74 Å². The third-order valence-electron chi connectivity index (χ3n) is 6.21. The Labute approximate surface area is 171 Å². The molecule has 1 aromatic heterocycles. The molecule has 1 aliphatic rings. The van der Waals surface area contributed by atoms with Crippen molar-refractivity contribution in [1.82, 2.24) is 9.97 Å². The first-order chi connectivity index (χ1) is 13.8. The summed E-state index contributed by atoms with van der Waals surface area (Å²) in [6, 6.07) is 8.19. The highest BCUT2D eigenvalue weighted by molar-refractivity contribution is 5.55. The maximum Gasteiger partial charge on any atom is 0.159 e. The van der Waals surface area contributed by atoms with Crippen molar-refractivity contribution in [1.29, 1.82) is 0 Å². The Balaban J connectivity index is 1.39. The van der Waals surface area contributed by atoms with Crippen LogP contribution in [0.15, 0.2) is 36.7 Å². The second-order valence-electron chi connectivity index (χ2n) is 8.33. The Hall–Kier alpha value is -1.90. The fraction of sp³-hybridized carbons (Fsp3) is 0.600. The highest BCUT2D eigenvalue weighted by atomic mass is 16.5. The molecule has 0 bridgehead atoms. The highest BCUT2D eigenvalue weighted by Crippen LogP contribution is 2.33. The molecule has 1 heterocycles. The average molecular weight is 381 g/mol. The van der Waals surface area contributed by atoms with Crippen LogP contribution in [0.3, 0.4) is 0 Å². The number of hydrogen-bond acceptors (Lipinski definition) is 3. The van der Waals surface area contributed by atoms with Crippen LogP contribution in [-0.2, 0) is 6.42 Å². The van der Waals surface area contributed by atoms with Crippen LogP contribution in [0.25, 0.3) is 11.4 Å². The second-order valence-corrected chi connectivity index (χ2v) is 8.33. The Morgan fingerprint density at radius 3 is 2.21 bits per heavy atom. The van der Waals surface area contributed by atoms with Gasteiger partial charge in [-0.1, -0.05) is 52.4 Å². The first kappa shape index (κ1) is 20.8. The summed E-state index contributed by atoms with van der Waals surface area (Å²) in [4.78, 5) is 9.04. The minimum atomic E-state index is 0.787. The van der Waals surface area contributed by atoms with E-state index in [4.69, 9.17) is 4.74 Å². The van der Waals surface area contributed by atoms with Crippen molar-refractivity contribution in [2.45, 2.75) is 78.1 Å². The molecule has 1 aromatic carbocycles. The molecule has 3 rings (SSSR count). The third-order valence-corrected chi connectivity index (χ3v) is 6.21. The number of nitrogens with zero attached hydrogens (tertiary/aromatic N) is 2. The number of aryl methyl sites for hydroxylation is 1. The molecule has 0 saturated heterocycles. The molecule has 3 heteroatoms. The molecule has 0 spiro atoms. The summed E-state index contributed by atoms with van der Waals surface area (Å²) in [6.45, 7) is 5.35. The molecule has 1 saturated carbocycles. The van der Waals surface area contributed by atoms with Gasteiger partial charge in [-0.25, -0.2) is 9.97 Å². The fourth-order valence-electron chi connectivity index (χ4n) is 4.20. The lowest BCUT2D eigenvalue weighted by molar-refractivity contribution is 0.234. The van der Waals surface area contributed by atoms with Gasteiger partial charge in [-0.15, -0.1) is 0 Å². The van der Waals surface area contributed by atoms with E-state index < -0.39 is 0 Å². The van der Waals surface area contributed by atoms with Crippen LogP contribution in [0.1, 0.15) is 77.2 Å². The molecule has 0 radical (unpaired) electrons. The van der Waals surface area contributed by atoms with Crippen LogP contribution >= 0.6 is 0 Å². The zero-order chi connectivity index (χ0) is 19.6. The molecule has 0 atom stereocenters. The SMILES string of the molecule is CCCCc1cnc(-c2ccc(OCCC[C@H]3CC[C@H](CC)CC3)cc2)nc1. The predicted octanol–water partition coefficient (Wildman–Crippen LogP) is 6.86. The van der Waals surface area contributed by atoms with Crippen molar-refractivity contribution in [2.24, 2.45) is 11.8 Å². The summed E-state index contributed by atoms with van der Waals surface area (Å²) in [5, 5.41) is 0. The standard InChI is InChI=1S/C25H36N2O/c1-3-5-7-22-18-26-25(27-19-22)23-13-15-24(16-14-23)28-17-6-8-21-11-9-20(4-2)10-12-21/h13-16,18-21H,3-12,17H2,1-2H3/t20-,21-. The molecule has 1 aliphatic carbocycles. The quantitative estimate of drug-likeness (QED) is 0.422. The zero-order valence-electron chi connectivity index (χ0n) is 17.7. The molecule has 0 unspecified atom stereocenters. The Kier molecular flexibility index (Phi) is 8.32. The summed E-state index contributed by atoms with van der Waals surface area (Å²) in [7, 11) is 0. The second kappa shape index (κ2) is 11.2. The van der Waals surface area contributed by atoms with E-state index in [9.17, 15) is 0 Å². The van der Waals surface area contributed by atoms with Crippen molar-refractivity contribution in [2.75, 3.05) is 6.61 Å². The van der Waals surface area contributed by atoms with Gasteiger partial charge in [0.15, 0.2) is 5.82 Å². The van der Waals surface area contributed by atoms with Crippen molar-refractivity contribution in [3.05, 3.63) is 42.2 Å². The lowest BCUT2D eigenvalue weighted by Gasteiger charge is -2.27. The van der Waals surface area contributed by atoms with Gasteiger partial charge in [0.1, 0.15) is 5.75 Å². The maximum atomic E-state index is 5.95. The zero-order valence-corrected chi connectivity index (χ0v) is 17.7. The molecule has 3 nitrogen and oxygen atoms in total. The molecule has 152 valence electrons. The Morgan fingerprint density at radius 2 is 1.57 bits per heavy atom. The summed E-state index contributed by atoms with van der Waals surface area (Å²) in [5.74, 6) is 3.64. The molecule has 0 N–H and O–H groups in total. The number of rotatable bonds is 10. The average Bonchev–Trinajstić information content (AvgIpc) is 2.76. The number of benzene rings is 1. The van der Waals surface area contributed by atoms with Gasteiger partial charge in [-0.2, -0.15) is 0 Å². The Bertz CT molecular complexity index is 673. The van der Waals surface area contributed by atoms with Crippen LogP contribution in [0, 0.1) is 11.8 Å². The summed E-state index contributed by atoms with van der Waals surface area (Å²) in [5.41, 5.74) is 2.26. The molecular formula is C25H36N2O. The van der Waals surface area contributed by atoms with Crippen LogP contribution in [0.4, 0.5) is 0 Å². The highest BCUT2D eigenvalue weighted by Gasteiger charge is 2.19. The van der Waals surface area contributed by atoms with E-state index in [1.54, 1.807) is 0 Å². The molecule has 28 heavy (non-hydrogen) atoms. The maximum absolute atomic E-state index is 5.95. The van der Waals surface area contributed by atoms with Gasteiger partial charge in [0, 0.05) is 18.0 Å². The normalized spacial score (nSPS) is 19.5. The lowest BCUT2D eigenvalue weighted by atomic mass is 9.79. The number of hydrogen-bond donors (Lipinski definition) is 0. The fourth-order valence-corrected chi connectivity index (χ4v) is 4.20. The van der Waals surface area contributed by atoms with Gasteiger partial charge in [-0.05, 0) is 67.3 Å². The van der Waals surface area contributed by atoms with Crippen LogP contribution in [0.2, 0.25) is 0 Å². The van der Waals surface area contributed by atoms with E-state index in [-0.39, 0.29) is 0 Å². The van der Waals surface area contributed by atoms with Crippen molar-refractivity contribution >= 4 is 0 Å². The number of unbranched alkanes of at least 4 members (excludes halogenated alkanes) is 1. The van der Waals surface area contributed by atoms with E-state index in [0.29, 0.717) is 0 Å². The van der Waals surface area contributed by atoms with E-state index in [1.807, 2.05) is 24.5 Å². The van der Waals surface area contributed by atoms with Crippen LogP contribution in [0.5, 0.6) is 5.75 Å². The van der Waals surface area contributed by atoms with E-state index in [2.05, 4.69) is 35.9 Å².